The van der Waals surface area contributed by atoms with Gasteiger partial charge in [-0.3, -0.25) is 4.79 Å². The van der Waals surface area contributed by atoms with Crippen LogP contribution in [0.4, 0.5) is 5.82 Å². The van der Waals surface area contributed by atoms with E-state index in [1.165, 1.54) is 10.9 Å². The van der Waals surface area contributed by atoms with Crippen molar-refractivity contribution in [2.75, 3.05) is 19.1 Å². The van der Waals surface area contributed by atoms with Crippen LogP contribution in [0.3, 0.4) is 0 Å². The predicted octanol–water partition coefficient (Wildman–Crippen LogP) is 1.79. The number of hydrogen-bond donors (Lipinski definition) is 2. The van der Waals surface area contributed by atoms with Crippen LogP contribution in [0.25, 0.3) is 17.1 Å². The number of ether oxygens (including phenoxy) is 3. The van der Waals surface area contributed by atoms with Gasteiger partial charge in [0.15, 0.2) is 17.2 Å². The minimum Gasteiger partial charge on any atom is -0.494 e. The van der Waals surface area contributed by atoms with E-state index in [9.17, 15) is 4.79 Å². The minimum absolute atomic E-state index is 0.0140. The van der Waals surface area contributed by atoms with E-state index in [-0.39, 0.29) is 24.1 Å². The standard InChI is InChI=1S/C21H18N8O5/c1-2-31-14-5-3-4-13(9-14)18-17(24-28-29(18)20-19(22)26-34-27-20)21(30)25-23-10-12-6-7-15-16(8-12)33-11-32-15/h3-10H,2,11H2,1H3,(H2,22,26)(H,25,30). The number of rotatable bonds is 7. The summed E-state index contributed by atoms with van der Waals surface area (Å²) >= 11 is 0. The molecule has 1 amide bonds. The number of hydrogen-bond acceptors (Lipinski definition) is 11. The van der Waals surface area contributed by atoms with E-state index < -0.39 is 5.91 Å². The highest BCUT2D eigenvalue weighted by Gasteiger charge is 2.25. The third-order valence-electron chi connectivity index (χ3n) is 4.78. The van der Waals surface area contributed by atoms with E-state index in [0.717, 1.165) is 0 Å². The quantitative estimate of drug-likeness (QED) is 0.305. The molecule has 2 aromatic carbocycles. The van der Waals surface area contributed by atoms with Crippen LogP contribution in [0, 0.1) is 0 Å². The number of carbonyl (C=O) groups excluding carboxylic acids is 1. The first-order chi connectivity index (χ1) is 16.6. The maximum atomic E-state index is 13.0. The molecule has 0 unspecified atom stereocenters. The fourth-order valence-electron chi connectivity index (χ4n) is 3.29. The summed E-state index contributed by atoms with van der Waals surface area (Å²) in [6, 6.07) is 12.4. The van der Waals surface area contributed by atoms with Gasteiger partial charge in [-0.15, -0.1) is 5.10 Å². The zero-order valence-corrected chi connectivity index (χ0v) is 17.8. The maximum Gasteiger partial charge on any atom is 0.294 e. The van der Waals surface area contributed by atoms with E-state index in [4.69, 9.17) is 19.9 Å². The molecule has 0 aliphatic carbocycles. The monoisotopic (exact) mass is 462 g/mol. The second-order valence-corrected chi connectivity index (χ2v) is 6.94. The summed E-state index contributed by atoms with van der Waals surface area (Å²) in [6.07, 6.45) is 1.47. The van der Waals surface area contributed by atoms with Crippen molar-refractivity contribution in [1.82, 2.24) is 30.7 Å². The molecule has 13 nitrogen and oxygen atoms in total. The molecule has 0 fully saturated rings. The molecule has 3 N–H and O–H groups in total. The minimum atomic E-state index is -0.602. The Labute approximate surface area is 192 Å². The molecule has 1 aliphatic rings. The van der Waals surface area contributed by atoms with Crippen molar-refractivity contribution in [2.24, 2.45) is 5.10 Å². The average Bonchev–Trinajstić information content (AvgIpc) is 3.58. The second-order valence-electron chi connectivity index (χ2n) is 6.94. The summed E-state index contributed by atoms with van der Waals surface area (Å²) in [7, 11) is 0. The molecule has 3 heterocycles. The number of nitrogens with two attached hydrogens (primary N) is 1. The number of fused-ring (bicyclic) bond motifs is 1. The van der Waals surface area contributed by atoms with Crippen molar-refractivity contribution < 1.29 is 23.6 Å². The zero-order chi connectivity index (χ0) is 23.5. The largest absolute Gasteiger partial charge is 0.494 e. The number of aromatic nitrogens is 5. The number of carbonyl (C=O) groups is 1. The van der Waals surface area contributed by atoms with Gasteiger partial charge >= 0.3 is 0 Å². The maximum absolute atomic E-state index is 13.0. The second kappa shape index (κ2) is 8.90. The van der Waals surface area contributed by atoms with Crippen LogP contribution in [0.2, 0.25) is 0 Å². The molecule has 0 saturated heterocycles. The van der Waals surface area contributed by atoms with Crippen LogP contribution in [0.5, 0.6) is 17.2 Å². The van der Waals surface area contributed by atoms with Crippen LogP contribution in [0.15, 0.2) is 52.2 Å². The average molecular weight is 462 g/mol. The normalized spacial score (nSPS) is 12.3. The molecule has 1 aliphatic heterocycles. The molecule has 0 spiro atoms. The van der Waals surface area contributed by atoms with E-state index >= 15 is 0 Å². The number of nitrogens with one attached hydrogen (secondary N) is 1. The van der Waals surface area contributed by atoms with Crippen LogP contribution in [0.1, 0.15) is 23.0 Å². The summed E-state index contributed by atoms with van der Waals surface area (Å²) in [5.74, 6) is 1.33. The van der Waals surface area contributed by atoms with Gasteiger partial charge in [-0.1, -0.05) is 17.3 Å². The SMILES string of the molecule is CCOc1cccc(-c2c(C(=O)NN=Cc3ccc4c(c3)OCO4)nnn2-c2nonc2N)c1. The van der Waals surface area contributed by atoms with Gasteiger partial charge in [0.05, 0.1) is 12.8 Å². The van der Waals surface area contributed by atoms with Gasteiger partial charge in [0.25, 0.3) is 5.91 Å². The Kier molecular flexibility index (Phi) is 5.48. The highest BCUT2D eigenvalue weighted by atomic mass is 16.7. The number of benzene rings is 2. The Bertz CT molecular complexity index is 1380. The molecule has 5 rings (SSSR count). The Hall–Kier alpha value is -4.94. The van der Waals surface area contributed by atoms with E-state index in [1.807, 2.05) is 6.92 Å². The number of nitrogens with zero attached hydrogens (tertiary/aromatic N) is 6. The van der Waals surface area contributed by atoms with E-state index in [1.54, 1.807) is 42.5 Å². The third kappa shape index (κ3) is 3.97. The van der Waals surface area contributed by atoms with Gasteiger partial charge in [-0.2, -0.15) is 9.78 Å². The van der Waals surface area contributed by atoms with Crippen molar-refractivity contribution >= 4 is 17.9 Å². The van der Waals surface area contributed by atoms with Crippen molar-refractivity contribution in [2.45, 2.75) is 6.92 Å². The van der Waals surface area contributed by atoms with Crippen LogP contribution in [-0.2, 0) is 0 Å². The fourth-order valence-corrected chi connectivity index (χ4v) is 3.29. The van der Waals surface area contributed by atoms with E-state index in [2.05, 4.69) is 35.8 Å². The summed E-state index contributed by atoms with van der Waals surface area (Å²) in [5, 5.41) is 19.4. The molecule has 13 heteroatoms. The summed E-state index contributed by atoms with van der Waals surface area (Å²) in [6.45, 7) is 2.52. The van der Waals surface area contributed by atoms with Gasteiger partial charge < -0.3 is 19.9 Å². The number of amides is 1. The van der Waals surface area contributed by atoms with Gasteiger partial charge in [-0.05, 0) is 53.1 Å². The molecule has 172 valence electrons. The lowest BCUT2D eigenvalue weighted by Gasteiger charge is -2.08. The first-order valence-corrected chi connectivity index (χ1v) is 10.1. The number of hydrazone groups is 1. The van der Waals surface area contributed by atoms with Crippen LogP contribution >= 0.6 is 0 Å². The van der Waals surface area contributed by atoms with Gasteiger partial charge in [0, 0.05) is 5.56 Å². The molecule has 0 bridgehead atoms. The van der Waals surface area contributed by atoms with Gasteiger partial charge in [0.1, 0.15) is 11.4 Å². The Morgan fingerprint density at radius 1 is 1.24 bits per heavy atom. The molecule has 2 aromatic heterocycles. The highest BCUT2D eigenvalue weighted by Crippen LogP contribution is 2.32. The first-order valence-electron chi connectivity index (χ1n) is 10.1. The lowest BCUT2D eigenvalue weighted by Crippen LogP contribution is -2.19. The molecule has 0 atom stereocenters. The molecule has 4 aromatic rings. The highest BCUT2D eigenvalue weighted by molar-refractivity contribution is 5.99. The number of anilines is 1. The number of nitrogen functional groups attached to an aromatic ring is 1. The Morgan fingerprint density at radius 2 is 2.12 bits per heavy atom. The third-order valence-corrected chi connectivity index (χ3v) is 4.78. The Morgan fingerprint density at radius 3 is 2.94 bits per heavy atom. The summed E-state index contributed by atoms with van der Waals surface area (Å²) < 4.78 is 22.2. The summed E-state index contributed by atoms with van der Waals surface area (Å²) in [4.78, 5) is 13.0. The molecule has 34 heavy (non-hydrogen) atoms. The first kappa shape index (κ1) is 20.9. The van der Waals surface area contributed by atoms with Crippen molar-refractivity contribution in [3.05, 3.63) is 53.7 Å². The van der Waals surface area contributed by atoms with Gasteiger partial charge in [0.2, 0.25) is 18.4 Å². The van der Waals surface area contributed by atoms with Crippen molar-refractivity contribution in [3.63, 3.8) is 0 Å². The smallest absolute Gasteiger partial charge is 0.294 e. The van der Waals surface area contributed by atoms with Crippen molar-refractivity contribution in [3.8, 4) is 34.3 Å². The molecule has 0 radical (unpaired) electrons. The summed E-state index contributed by atoms with van der Waals surface area (Å²) in [5.41, 5.74) is 9.89. The lowest BCUT2D eigenvalue weighted by atomic mass is 10.1. The Balaban J connectivity index is 1.46. The molecular weight excluding hydrogens is 444 g/mol. The topological polar surface area (TPSA) is 165 Å². The zero-order valence-electron chi connectivity index (χ0n) is 17.8. The predicted molar refractivity (Wildman–Crippen MR) is 118 cm³/mol. The molecule has 0 saturated carbocycles. The van der Waals surface area contributed by atoms with Crippen molar-refractivity contribution in [1.29, 1.82) is 0 Å². The van der Waals surface area contributed by atoms with Crippen LogP contribution < -0.4 is 25.4 Å². The van der Waals surface area contributed by atoms with E-state index in [0.29, 0.717) is 40.7 Å². The van der Waals surface area contributed by atoms with Crippen LogP contribution in [-0.4, -0.2) is 50.8 Å². The fraction of sp³-hybridized carbons (Fsp3) is 0.143. The molecular formula is C21H18N8O5. The lowest BCUT2D eigenvalue weighted by molar-refractivity contribution is 0.0950. The van der Waals surface area contributed by atoms with Gasteiger partial charge in [-0.25, -0.2) is 10.1 Å².